The fraction of sp³-hybridized carbons (Fsp3) is 0.320. The Bertz CT molecular complexity index is 1150. The maximum atomic E-state index is 14.4. The fourth-order valence-corrected chi connectivity index (χ4v) is 4.09. The molecule has 1 aliphatic rings. The summed E-state index contributed by atoms with van der Waals surface area (Å²) < 4.78 is 19.7. The summed E-state index contributed by atoms with van der Waals surface area (Å²) in [4.78, 5) is 33.4. The van der Waals surface area contributed by atoms with Gasteiger partial charge in [-0.2, -0.15) is 0 Å². The number of pyridine rings is 1. The summed E-state index contributed by atoms with van der Waals surface area (Å²) in [6.07, 6.45) is 3.00. The third-order valence-electron chi connectivity index (χ3n) is 6.00. The predicted octanol–water partition coefficient (Wildman–Crippen LogP) is 4.03. The van der Waals surface area contributed by atoms with Crippen molar-refractivity contribution in [2.75, 3.05) is 25.0 Å². The third-order valence-corrected chi connectivity index (χ3v) is 6.00. The lowest BCUT2D eigenvalue weighted by molar-refractivity contribution is 0.0446. The van der Waals surface area contributed by atoms with Gasteiger partial charge < -0.3 is 14.6 Å². The number of nitrogens with zero attached hydrogens (tertiary/aromatic N) is 3. The molecular weight excluding hydrogens is 423 g/mol. The van der Waals surface area contributed by atoms with E-state index < -0.39 is 5.82 Å². The number of rotatable bonds is 5. The van der Waals surface area contributed by atoms with Crippen molar-refractivity contribution >= 4 is 17.5 Å². The maximum Gasteiger partial charge on any atom is 0.289 e. The van der Waals surface area contributed by atoms with E-state index in [1.165, 1.54) is 24.6 Å². The lowest BCUT2D eigenvalue weighted by Crippen LogP contribution is -2.53. The van der Waals surface area contributed by atoms with Crippen LogP contribution in [0.1, 0.15) is 44.7 Å². The van der Waals surface area contributed by atoms with Gasteiger partial charge in [-0.05, 0) is 68.3 Å². The van der Waals surface area contributed by atoms with Crippen LogP contribution in [0.15, 0.2) is 53.3 Å². The minimum absolute atomic E-state index is 0.0153. The van der Waals surface area contributed by atoms with Crippen LogP contribution in [0, 0.1) is 19.7 Å². The molecule has 7 nitrogen and oxygen atoms in total. The van der Waals surface area contributed by atoms with Crippen molar-refractivity contribution in [3.8, 4) is 0 Å². The summed E-state index contributed by atoms with van der Waals surface area (Å²) in [5.41, 5.74) is 3.28. The van der Waals surface area contributed by atoms with E-state index in [-0.39, 0.29) is 17.9 Å². The summed E-state index contributed by atoms with van der Waals surface area (Å²) in [5, 5.41) is 2.81. The minimum Gasteiger partial charge on any atom is -0.459 e. The Kier molecular flexibility index (Phi) is 6.55. The van der Waals surface area contributed by atoms with E-state index >= 15 is 0 Å². The molecule has 0 spiro atoms. The SMILES string of the molecule is Cc1ccc(C(=O)Nc2cc(F)cc(CN3CCN(C(=O)c4ccco4)C(C)C3)c2C)cn1. The lowest BCUT2D eigenvalue weighted by Gasteiger charge is -2.39. The van der Waals surface area contributed by atoms with Crippen molar-refractivity contribution in [1.29, 1.82) is 0 Å². The molecule has 0 bridgehead atoms. The Hall–Kier alpha value is -3.52. The molecule has 1 unspecified atom stereocenters. The van der Waals surface area contributed by atoms with Crippen molar-refractivity contribution in [2.24, 2.45) is 0 Å². The number of anilines is 1. The number of furan rings is 1. The van der Waals surface area contributed by atoms with Crippen LogP contribution < -0.4 is 5.32 Å². The van der Waals surface area contributed by atoms with E-state index in [0.717, 1.165) is 16.8 Å². The zero-order valence-electron chi connectivity index (χ0n) is 19.0. The number of aromatic nitrogens is 1. The molecule has 33 heavy (non-hydrogen) atoms. The van der Waals surface area contributed by atoms with Crippen LogP contribution in [-0.4, -0.2) is 52.3 Å². The van der Waals surface area contributed by atoms with Gasteiger partial charge >= 0.3 is 0 Å². The molecule has 3 aromatic rings. The Balaban J connectivity index is 1.44. The van der Waals surface area contributed by atoms with Crippen LogP contribution in [0.25, 0.3) is 0 Å². The molecule has 4 rings (SSSR count). The first-order valence-corrected chi connectivity index (χ1v) is 10.9. The molecule has 1 fully saturated rings. The minimum atomic E-state index is -0.410. The highest BCUT2D eigenvalue weighted by molar-refractivity contribution is 6.04. The van der Waals surface area contributed by atoms with Gasteiger partial charge in [-0.25, -0.2) is 4.39 Å². The van der Waals surface area contributed by atoms with Crippen molar-refractivity contribution in [3.63, 3.8) is 0 Å². The van der Waals surface area contributed by atoms with Gasteiger partial charge in [0.25, 0.3) is 11.8 Å². The molecule has 8 heteroatoms. The van der Waals surface area contributed by atoms with Crippen LogP contribution >= 0.6 is 0 Å². The highest BCUT2D eigenvalue weighted by Crippen LogP contribution is 2.25. The average molecular weight is 451 g/mol. The van der Waals surface area contributed by atoms with Gasteiger partial charge in [0.2, 0.25) is 0 Å². The zero-order valence-corrected chi connectivity index (χ0v) is 19.0. The normalized spacial score (nSPS) is 16.6. The second-order valence-corrected chi connectivity index (χ2v) is 8.44. The van der Waals surface area contributed by atoms with Crippen molar-refractivity contribution in [3.05, 3.63) is 82.8 Å². The summed E-state index contributed by atoms with van der Waals surface area (Å²) in [6.45, 7) is 8.09. The molecule has 1 atom stereocenters. The van der Waals surface area contributed by atoms with Crippen molar-refractivity contribution in [2.45, 2.75) is 33.4 Å². The second-order valence-electron chi connectivity index (χ2n) is 8.44. The number of amides is 2. The molecule has 0 aliphatic carbocycles. The van der Waals surface area contributed by atoms with Crippen molar-refractivity contribution in [1.82, 2.24) is 14.8 Å². The Morgan fingerprint density at radius 2 is 2.03 bits per heavy atom. The lowest BCUT2D eigenvalue weighted by atomic mass is 10.0. The van der Waals surface area contributed by atoms with Gasteiger partial charge in [0.15, 0.2) is 5.76 Å². The van der Waals surface area contributed by atoms with E-state index in [1.807, 2.05) is 20.8 Å². The molecule has 3 heterocycles. The molecule has 0 saturated carbocycles. The number of halogens is 1. The maximum absolute atomic E-state index is 14.4. The van der Waals surface area contributed by atoms with Gasteiger partial charge in [0, 0.05) is 49.8 Å². The molecular formula is C25H27FN4O3. The number of carbonyl (C=O) groups excluding carboxylic acids is 2. The molecule has 1 aliphatic heterocycles. The van der Waals surface area contributed by atoms with E-state index in [1.54, 1.807) is 29.2 Å². The smallest absolute Gasteiger partial charge is 0.289 e. The third kappa shape index (κ3) is 5.12. The van der Waals surface area contributed by atoms with Crippen molar-refractivity contribution < 1.29 is 18.4 Å². The number of carbonyl (C=O) groups is 2. The molecule has 2 aromatic heterocycles. The number of aryl methyl sites for hydroxylation is 1. The van der Waals surface area contributed by atoms with E-state index in [4.69, 9.17) is 4.42 Å². The zero-order chi connectivity index (χ0) is 23.5. The largest absolute Gasteiger partial charge is 0.459 e. The Labute approximate surface area is 192 Å². The summed E-state index contributed by atoms with van der Waals surface area (Å²) in [7, 11) is 0. The standard InChI is InChI=1S/C25H27FN4O3/c1-16-6-7-19(13-27-16)24(31)28-22-12-21(26)11-20(18(22)3)15-29-8-9-30(17(2)14-29)25(32)23-5-4-10-33-23/h4-7,10-13,17H,8-9,14-15H2,1-3H3,(H,28,31). The van der Waals surface area contributed by atoms with Crippen LogP contribution in [0.3, 0.4) is 0 Å². The van der Waals surface area contributed by atoms with E-state index in [9.17, 15) is 14.0 Å². The predicted molar refractivity (Wildman–Crippen MR) is 123 cm³/mol. The topological polar surface area (TPSA) is 78.7 Å². The first kappa shape index (κ1) is 22.7. The van der Waals surface area contributed by atoms with Gasteiger partial charge in [0.1, 0.15) is 5.82 Å². The number of hydrogen-bond donors (Lipinski definition) is 1. The molecule has 1 aromatic carbocycles. The monoisotopic (exact) mass is 450 g/mol. The summed E-state index contributed by atoms with van der Waals surface area (Å²) in [6, 6.07) is 9.64. The highest BCUT2D eigenvalue weighted by atomic mass is 19.1. The fourth-order valence-electron chi connectivity index (χ4n) is 4.09. The molecule has 172 valence electrons. The van der Waals surface area contributed by atoms with E-state index in [2.05, 4.69) is 15.2 Å². The molecule has 2 amide bonds. The number of hydrogen-bond acceptors (Lipinski definition) is 5. The summed E-state index contributed by atoms with van der Waals surface area (Å²) >= 11 is 0. The molecule has 1 saturated heterocycles. The van der Waals surface area contributed by atoms with Crippen LogP contribution in [0.2, 0.25) is 0 Å². The molecule has 0 radical (unpaired) electrons. The second kappa shape index (κ2) is 9.54. The summed E-state index contributed by atoms with van der Waals surface area (Å²) in [5.74, 6) is -0.529. The van der Waals surface area contributed by atoms with Crippen LogP contribution in [0.4, 0.5) is 10.1 Å². The number of benzene rings is 1. The number of nitrogens with one attached hydrogen (secondary N) is 1. The van der Waals surface area contributed by atoms with Gasteiger partial charge in [-0.3, -0.25) is 19.5 Å². The van der Waals surface area contributed by atoms with Gasteiger partial charge in [-0.1, -0.05) is 0 Å². The first-order chi connectivity index (χ1) is 15.8. The first-order valence-electron chi connectivity index (χ1n) is 10.9. The highest BCUT2D eigenvalue weighted by Gasteiger charge is 2.29. The van der Waals surface area contributed by atoms with Gasteiger partial charge in [0.05, 0.1) is 11.8 Å². The van der Waals surface area contributed by atoms with E-state index in [0.29, 0.717) is 43.2 Å². The van der Waals surface area contributed by atoms with Gasteiger partial charge in [-0.15, -0.1) is 0 Å². The van der Waals surface area contributed by atoms with Crippen LogP contribution in [0.5, 0.6) is 0 Å². The average Bonchev–Trinajstić information content (AvgIpc) is 3.32. The Morgan fingerprint density at radius 3 is 2.70 bits per heavy atom. The number of piperazine rings is 1. The molecule has 1 N–H and O–H groups in total. The van der Waals surface area contributed by atoms with Crippen LogP contribution in [-0.2, 0) is 6.54 Å². The quantitative estimate of drug-likeness (QED) is 0.635. The Morgan fingerprint density at radius 1 is 1.21 bits per heavy atom.